The molecule has 0 bridgehead atoms. The van der Waals surface area contributed by atoms with Gasteiger partial charge in [0.05, 0.1) is 10.5 Å². The minimum Gasteiger partial charge on any atom is -0.459 e. The zero-order valence-electron chi connectivity index (χ0n) is 20.4. The average molecular weight is 593 g/mol. The minimum atomic E-state index is -4.92. The molecule has 5 rings (SSSR count). The first-order valence-electron chi connectivity index (χ1n) is 11.7. The molecule has 2 aromatic carbocycles. The van der Waals surface area contributed by atoms with Crippen LogP contribution in [0.2, 0.25) is 5.02 Å². The fourth-order valence-electron chi connectivity index (χ4n) is 4.15. The molecular formula is C24H22ClFN6O7S. The highest BCUT2D eigenvalue weighted by atomic mass is 35.5. The van der Waals surface area contributed by atoms with Crippen LogP contribution in [0.5, 0.6) is 0 Å². The van der Waals surface area contributed by atoms with E-state index < -0.39 is 52.2 Å². The number of hydrogen-bond acceptors (Lipinski definition) is 12. The predicted molar refractivity (Wildman–Crippen MR) is 139 cm³/mol. The number of nitrogens with zero attached hydrogens (tertiary/aromatic N) is 4. The summed E-state index contributed by atoms with van der Waals surface area (Å²) in [6.07, 6.45) is -4.11. The SMILES string of the molecule is Nc1ncnc2c1nc(NCc1ccc(Cl)cc1)n2C1OC(COC(=O)c2ccc(S(=O)(=O)F)cc2)C(O)C1O. The summed E-state index contributed by atoms with van der Waals surface area (Å²) in [5.41, 5.74) is 7.26. The first kappa shape index (κ1) is 27.7. The lowest BCUT2D eigenvalue weighted by molar-refractivity contribution is -0.0557. The summed E-state index contributed by atoms with van der Waals surface area (Å²) in [4.78, 5) is 24.5. The van der Waals surface area contributed by atoms with Crippen molar-refractivity contribution in [1.82, 2.24) is 19.5 Å². The quantitative estimate of drug-likeness (QED) is 0.172. The number of carbonyl (C=O) groups is 1. The van der Waals surface area contributed by atoms with Gasteiger partial charge in [0, 0.05) is 11.6 Å². The number of rotatable bonds is 8. The minimum absolute atomic E-state index is 0.0570. The van der Waals surface area contributed by atoms with Gasteiger partial charge in [-0.1, -0.05) is 23.7 Å². The van der Waals surface area contributed by atoms with Gasteiger partial charge < -0.3 is 30.7 Å². The van der Waals surface area contributed by atoms with Crippen LogP contribution in [-0.4, -0.2) is 69.0 Å². The number of anilines is 2. The molecule has 16 heteroatoms. The number of aliphatic hydroxyl groups excluding tert-OH is 2. The third-order valence-electron chi connectivity index (χ3n) is 6.21. The van der Waals surface area contributed by atoms with Crippen molar-refractivity contribution in [2.45, 2.75) is 36.0 Å². The van der Waals surface area contributed by atoms with Crippen molar-refractivity contribution in [3.63, 3.8) is 0 Å². The Morgan fingerprint density at radius 2 is 1.82 bits per heavy atom. The maximum absolute atomic E-state index is 13.1. The molecule has 13 nitrogen and oxygen atoms in total. The molecule has 0 amide bonds. The van der Waals surface area contributed by atoms with Gasteiger partial charge >= 0.3 is 16.2 Å². The van der Waals surface area contributed by atoms with Gasteiger partial charge in [-0.25, -0.2) is 19.7 Å². The zero-order chi connectivity index (χ0) is 28.6. The van der Waals surface area contributed by atoms with E-state index in [4.69, 9.17) is 26.8 Å². The molecule has 2 aromatic heterocycles. The van der Waals surface area contributed by atoms with Crippen LogP contribution in [0.1, 0.15) is 22.1 Å². The number of ether oxygens (including phenoxy) is 2. The molecule has 1 fully saturated rings. The lowest BCUT2D eigenvalue weighted by atomic mass is 10.1. The van der Waals surface area contributed by atoms with Crippen LogP contribution in [0.15, 0.2) is 59.8 Å². The number of fused-ring (bicyclic) bond motifs is 1. The Kier molecular flexibility index (Phi) is 7.57. The van der Waals surface area contributed by atoms with Gasteiger partial charge in [0.1, 0.15) is 31.2 Å². The molecule has 3 heterocycles. The Balaban J connectivity index is 1.34. The van der Waals surface area contributed by atoms with E-state index in [0.29, 0.717) is 11.6 Å². The fraction of sp³-hybridized carbons (Fsp3) is 0.250. The molecule has 210 valence electrons. The lowest BCUT2D eigenvalue weighted by Gasteiger charge is -2.19. The molecule has 4 atom stereocenters. The Labute approximate surface area is 231 Å². The van der Waals surface area contributed by atoms with E-state index in [1.165, 1.54) is 10.9 Å². The van der Waals surface area contributed by atoms with Crippen molar-refractivity contribution in [2.24, 2.45) is 0 Å². The van der Waals surface area contributed by atoms with Gasteiger partial charge in [-0.3, -0.25) is 4.57 Å². The summed E-state index contributed by atoms with van der Waals surface area (Å²) in [5, 5.41) is 25.3. The number of nitrogens with two attached hydrogens (primary N) is 1. The molecule has 0 saturated carbocycles. The number of benzene rings is 2. The first-order valence-corrected chi connectivity index (χ1v) is 13.5. The number of halogens is 2. The monoisotopic (exact) mass is 592 g/mol. The van der Waals surface area contributed by atoms with E-state index in [-0.39, 0.29) is 28.5 Å². The fourth-order valence-corrected chi connectivity index (χ4v) is 4.74. The number of aromatic nitrogens is 4. The van der Waals surface area contributed by atoms with E-state index in [0.717, 1.165) is 29.8 Å². The Morgan fingerprint density at radius 1 is 1.12 bits per heavy atom. The number of aliphatic hydroxyl groups is 2. The smallest absolute Gasteiger partial charge is 0.338 e. The second kappa shape index (κ2) is 10.9. The van der Waals surface area contributed by atoms with Gasteiger partial charge in [0.25, 0.3) is 0 Å². The molecule has 40 heavy (non-hydrogen) atoms. The van der Waals surface area contributed by atoms with Crippen LogP contribution in [-0.2, 0) is 26.2 Å². The number of nitrogen functional groups attached to an aromatic ring is 1. The molecule has 1 aliphatic heterocycles. The van der Waals surface area contributed by atoms with Crippen LogP contribution in [0, 0.1) is 0 Å². The number of carbonyl (C=O) groups excluding carboxylic acids is 1. The lowest BCUT2D eigenvalue weighted by Crippen LogP contribution is -2.34. The number of nitrogens with one attached hydrogen (secondary N) is 1. The van der Waals surface area contributed by atoms with Crippen molar-refractivity contribution in [3.05, 3.63) is 71.0 Å². The van der Waals surface area contributed by atoms with Crippen LogP contribution in [0.3, 0.4) is 0 Å². The Hall–Kier alpha value is -3.89. The third kappa shape index (κ3) is 5.55. The second-order valence-electron chi connectivity index (χ2n) is 8.82. The summed E-state index contributed by atoms with van der Waals surface area (Å²) < 4.78 is 47.6. The predicted octanol–water partition coefficient (Wildman–Crippen LogP) is 1.81. The molecule has 4 aromatic rings. The molecule has 0 radical (unpaired) electrons. The van der Waals surface area contributed by atoms with Crippen LogP contribution in [0.4, 0.5) is 15.7 Å². The van der Waals surface area contributed by atoms with Crippen LogP contribution in [0.25, 0.3) is 11.2 Å². The van der Waals surface area contributed by atoms with Gasteiger partial charge in [-0.15, -0.1) is 3.89 Å². The Bertz CT molecular complexity index is 1650. The van der Waals surface area contributed by atoms with E-state index in [9.17, 15) is 27.3 Å². The molecule has 1 saturated heterocycles. The topological polar surface area (TPSA) is 192 Å². The van der Waals surface area contributed by atoms with Crippen molar-refractivity contribution < 1.29 is 36.8 Å². The molecule has 5 N–H and O–H groups in total. The molecule has 1 aliphatic rings. The molecular weight excluding hydrogens is 571 g/mol. The van der Waals surface area contributed by atoms with E-state index in [2.05, 4.69) is 20.3 Å². The van der Waals surface area contributed by atoms with Crippen LogP contribution < -0.4 is 11.1 Å². The zero-order valence-corrected chi connectivity index (χ0v) is 22.0. The summed E-state index contributed by atoms with van der Waals surface area (Å²) >= 11 is 5.96. The molecule has 4 unspecified atom stereocenters. The van der Waals surface area contributed by atoms with Gasteiger partial charge in [-0.05, 0) is 42.0 Å². The van der Waals surface area contributed by atoms with Crippen molar-refractivity contribution >= 4 is 50.7 Å². The summed E-state index contributed by atoms with van der Waals surface area (Å²) in [6, 6.07) is 11.1. The number of esters is 1. The molecule has 0 aliphatic carbocycles. The maximum atomic E-state index is 13.1. The third-order valence-corrected chi connectivity index (χ3v) is 7.30. The number of imidazole rings is 1. The van der Waals surface area contributed by atoms with Gasteiger partial charge in [0.2, 0.25) is 5.95 Å². The summed E-state index contributed by atoms with van der Waals surface area (Å²) in [6.45, 7) is -0.156. The van der Waals surface area contributed by atoms with Crippen LogP contribution >= 0.6 is 11.6 Å². The van der Waals surface area contributed by atoms with Crippen molar-refractivity contribution in [3.8, 4) is 0 Å². The standard InChI is InChI=1S/C24H22ClFN6O7S/c25-14-5-1-12(2-6-14)9-28-24-31-17-20(27)29-11-30-21(17)32(24)22-19(34)18(33)16(39-22)10-38-23(35)13-3-7-15(8-4-13)40(26,36)37/h1-8,11,16,18-19,22,33-34H,9-10H2,(H,28,31)(H2,27,29,30). The summed E-state index contributed by atoms with van der Waals surface area (Å²) in [5.74, 6) is -0.576. The normalized spacial score (nSPS) is 21.0. The first-order chi connectivity index (χ1) is 19.0. The van der Waals surface area contributed by atoms with Crippen molar-refractivity contribution in [1.29, 1.82) is 0 Å². The largest absolute Gasteiger partial charge is 0.459 e. The Morgan fingerprint density at radius 3 is 2.50 bits per heavy atom. The highest BCUT2D eigenvalue weighted by Crippen LogP contribution is 2.35. The molecule has 0 spiro atoms. The summed E-state index contributed by atoms with van der Waals surface area (Å²) in [7, 11) is -4.92. The number of hydrogen-bond donors (Lipinski definition) is 4. The van der Waals surface area contributed by atoms with Gasteiger partial charge in [0.15, 0.2) is 23.2 Å². The van der Waals surface area contributed by atoms with Gasteiger partial charge in [-0.2, -0.15) is 8.42 Å². The van der Waals surface area contributed by atoms with E-state index >= 15 is 0 Å². The van der Waals surface area contributed by atoms with Crippen molar-refractivity contribution in [2.75, 3.05) is 17.7 Å². The highest BCUT2D eigenvalue weighted by molar-refractivity contribution is 7.86. The second-order valence-corrected chi connectivity index (χ2v) is 10.6. The van der Waals surface area contributed by atoms with E-state index in [1.54, 1.807) is 12.1 Å². The van der Waals surface area contributed by atoms with E-state index in [1.807, 2.05) is 12.1 Å². The maximum Gasteiger partial charge on any atom is 0.338 e. The average Bonchev–Trinajstić information content (AvgIpc) is 3.43. The highest BCUT2D eigenvalue weighted by Gasteiger charge is 2.46.